The summed E-state index contributed by atoms with van der Waals surface area (Å²) in [6.07, 6.45) is 4.59. The zero-order chi connectivity index (χ0) is 17.8. The molecule has 4 rings (SSSR count). The number of fused-ring (bicyclic) bond motifs is 1. The molecule has 2 aromatic heterocycles. The molecule has 128 valence electrons. The molecule has 0 radical (unpaired) electrons. The number of nitrogens with one attached hydrogen (secondary N) is 3. The van der Waals surface area contributed by atoms with E-state index in [2.05, 4.69) is 26.7 Å². The number of carbonyl (C=O) groups is 1. The summed E-state index contributed by atoms with van der Waals surface area (Å²) in [4.78, 5) is 19.5. The van der Waals surface area contributed by atoms with Crippen LogP contribution in [0.4, 0.5) is 16.2 Å². The number of hydrogen-bond donors (Lipinski definition) is 3. The molecule has 5 nitrogen and oxygen atoms in total. The Kier molecular flexibility index (Phi) is 4.35. The van der Waals surface area contributed by atoms with Crippen LogP contribution in [-0.4, -0.2) is 16.0 Å². The van der Waals surface area contributed by atoms with Crippen LogP contribution in [0.2, 0.25) is 0 Å². The molecule has 2 heterocycles. The number of H-pyrrole nitrogens is 1. The van der Waals surface area contributed by atoms with E-state index in [9.17, 15) is 4.79 Å². The highest BCUT2D eigenvalue weighted by Gasteiger charge is 2.06. The van der Waals surface area contributed by atoms with Crippen LogP contribution in [0.1, 0.15) is 11.1 Å². The molecule has 0 saturated carbocycles. The van der Waals surface area contributed by atoms with Gasteiger partial charge in [-0.2, -0.15) is 0 Å². The van der Waals surface area contributed by atoms with Crippen molar-refractivity contribution < 1.29 is 4.79 Å². The van der Waals surface area contributed by atoms with E-state index in [0.717, 1.165) is 28.8 Å². The highest BCUT2D eigenvalue weighted by Crippen LogP contribution is 2.20. The van der Waals surface area contributed by atoms with Crippen molar-refractivity contribution in [3.8, 4) is 0 Å². The summed E-state index contributed by atoms with van der Waals surface area (Å²) < 4.78 is 0. The molecular formula is C21H18N4O. The Morgan fingerprint density at radius 3 is 2.38 bits per heavy atom. The van der Waals surface area contributed by atoms with Crippen LogP contribution in [0.3, 0.4) is 0 Å². The molecule has 0 fully saturated rings. The van der Waals surface area contributed by atoms with E-state index in [0.29, 0.717) is 0 Å². The van der Waals surface area contributed by atoms with Crippen LogP contribution in [0, 0.1) is 0 Å². The SMILES string of the molecule is O=C(Nc1ccccc1)Nc1ccc(Cc2c[nH]c3ncccc23)cc1. The second kappa shape index (κ2) is 7.11. The van der Waals surface area contributed by atoms with Gasteiger partial charge in [-0.25, -0.2) is 9.78 Å². The number of aromatic nitrogens is 2. The van der Waals surface area contributed by atoms with Gasteiger partial charge < -0.3 is 15.6 Å². The van der Waals surface area contributed by atoms with Crippen LogP contribution >= 0.6 is 0 Å². The van der Waals surface area contributed by atoms with E-state index in [4.69, 9.17) is 0 Å². The third-order valence-corrected chi connectivity index (χ3v) is 4.17. The minimum absolute atomic E-state index is 0.258. The Bertz CT molecular complexity index is 1020. The Morgan fingerprint density at radius 1 is 0.885 bits per heavy atom. The number of aromatic amines is 1. The van der Waals surface area contributed by atoms with Gasteiger partial charge in [-0.3, -0.25) is 0 Å². The van der Waals surface area contributed by atoms with Gasteiger partial charge in [-0.1, -0.05) is 30.3 Å². The molecule has 26 heavy (non-hydrogen) atoms. The molecule has 0 aliphatic rings. The lowest BCUT2D eigenvalue weighted by Gasteiger charge is -2.08. The summed E-state index contributed by atoms with van der Waals surface area (Å²) in [5.74, 6) is 0. The Labute approximate surface area is 151 Å². The summed E-state index contributed by atoms with van der Waals surface area (Å²) in [5, 5.41) is 6.78. The minimum atomic E-state index is -0.258. The highest BCUT2D eigenvalue weighted by atomic mass is 16.2. The number of nitrogens with zero attached hydrogens (tertiary/aromatic N) is 1. The van der Waals surface area contributed by atoms with E-state index in [1.807, 2.05) is 66.9 Å². The Balaban J connectivity index is 1.41. The summed E-state index contributed by atoms with van der Waals surface area (Å²) >= 11 is 0. The first-order valence-electron chi connectivity index (χ1n) is 8.41. The molecule has 4 aromatic rings. The highest BCUT2D eigenvalue weighted by molar-refractivity contribution is 5.99. The predicted octanol–water partition coefficient (Wildman–Crippen LogP) is 4.80. The molecular weight excluding hydrogens is 324 g/mol. The number of pyridine rings is 1. The Morgan fingerprint density at radius 2 is 1.62 bits per heavy atom. The third-order valence-electron chi connectivity index (χ3n) is 4.17. The molecule has 0 bridgehead atoms. The number of urea groups is 1. The van der Waals surface area contributed by atoms with Crippen molar-refractivity contribution >= 4 is 28.4 Å². The molecule has 2 aromatic carbocycles. The van der Waals surface area contributed by atoms with Crippen molar-refractivity contribution in [3.63, 3.8) is 0 Å². The number of anilines is 2. The van der Waals surface area contributed by atoms with Gasteiger partial charge in [0.1, 0.15) is 5.65 Å². The van der Waals surface area contributed by atoms with Crippen molar-refractivity contribution in [1.82, 2.24) is 9.97 Å². The normalized spacial score (nSPS) is 10.6. The fourth-order valence-corrected chi connectivity index (χ4v) is 2.90. The average Bonchev–Trinajstić information content (AvgIpc) is 3.07. The van der Waals surface area contributed by atoms with Gasteiger partial charge in [0.2, 0.25) is 0 Å². The lowest BCUT2D eigenvalue weighted by Crippen LogP contribution is -2.19. The molecule has 2 amide bonds. The maximum atomic E-state index is 12.0. The number of amides is 2. The van der Waals surface area contributed by atoms with E-state index in [1.165, 1.54) is 11.1 Å². The zero-order valence-corrected chi connectivity index (χ0v) is 14.1. The number of para-hydroxylation sites is 1. The molecule has 0 aliphatic heterocycles. The van der Waals surface area contributed by atoms with Crippen LogP contribution in [0.5, 0.6) is 0 Å². The van der Waals surface area contributed by atoms with Gasteiger partial charge in [-0.05, 0) is 53.9 Å². The van der Waals surface area contributed by atoms with Gasteiger partial charge in [-0.15, -0.1) is 0 Å². The fraction of sp³-hybridized carbons (Fsp3) is 0.0476. The summed E-state index contributed by atoms with van der Waals surface area (Å²) in [5.41, 5.74) is 4.79. The number of rotatable bonds is 4. The maximum Gasteiger partial charge on any atom is 0.323 e. The number of benzene rings is 2. The maximum absolute atomic E-state index is 12.0. The number of carbonyl (C=O) groups excluding carboxylic acids is 1. The first kappa shape index (κ1) is 15.9. The third kappa shape index (κ3) is 3.57. The topological polar surface area (TPSA) is 69.8 Å². The summed E-state index contributed by atoms with van der Waals surface area (Å²) in [6, 6.07) is 21.0. The largest absolute Gasteiger partial charge is 0.346 e. The second-order valence-electron chi connectivity index (χ2n) is 6.03. The lowest BCUT2D eigenvalue weighted by molar-refractivity contribution is 0.262. The standard InChI is InChI=1S/C21H18N4O/c26-21(24-17-5-2-1-3-6-17)25-18-10-8-15(9-11-18)13-16-14-23-20-19(16)7-4-12-22-20/h1-12,14H,13H2,(H,22,23)(H2,24,25,26). The lowest BCUT2D eigenvalue weighted by atomic mass is 10.0. The Hall–Kier alpha value is -3.60. The van der Waals surface area contributed by atoms with Crippen molar-refractivity contribution in [2.24, 2.45) is 0 Å². The van der Waals surface area contributed by atoms with Crippen molar-refractivity contribution in [3.05, 3.63) is 90.3 Å². The molecule has 5 heteroatoms. The van der Waals surface area contributed by atoms with Crippen molar-refractivity contribution in [2.75, 3.05) is 10.6 Å². The van der Waals surface area contributed by atoms with Gasteiger partial charge in [0.15, 0.2) is 0 Å². The first-order chi connectivity index (χ1) is 12.8. The monoisotopic (exact) mass is 342 g/mol. The number of hydrogen-bond acceptors (Lipinski definition) is 2. The summed E-state index contributed by atoms with van der Waals surface area (Å²) in [7, 11) is 0. The fourth-order valence-electron chi connectivity index (χ4n) is 2.90. The molecule has 0 unspecified atom stereocenters. The van der Waals surface area contributed by atoms with Gasteiger partial charge in [0.05, 0.1) is 0 Å². The quantitative estimate of drug-likeness (QED) is 0.499. The van der Waals surface area contributed by atoms with Crippen molar-refractivity contribution in [2.45, 2.75) is 6.42 Å². The molecule has 0 spiro atoms. The molecule has 0 saturated heterocycles. The molecule has 3 N–H and O–H groups in total. The second-order valence-corrected chi connectivity index (χ2v) is 6.03. The summed E-state index contributed by atoms with van der Waals surface area (Å²) in [6.45, 7) is 0. The van der Waals surface area contributed by atoms with Gasteiger partial charge >= 0.3 is 6.03 Å². The first-order valence-corrected chi connectivity index (χ1v) is 8.41. The zero-order valence-electron chi connectivity index (χ0n) is 14.1. The van der Waals surface area contributed by atoms with E-state index < -0.39 is 0 Å². The van der Waals surface area contributed by atoms with E-state index in [-0.39, 0.29) is 6.03 Å². The van der Waals surface area contributed by atoms with Crippen LogP contribution in [0.15, 0.2) is 79.1 Å². The van der Waals surface area contributed by atoms with Gasteiger partial charge in [0.25, 0.3) is 0 Å². The van der Waals surface area contributed by atoms with Crippen LogP contribution in [0.25, 0.3) is 11.0 Å². The van der Waals surface area contributed by atoms with Gasteiger partial charge in [0, 0.05) is 29.2 Å². The molecule has 0 atom stereocenters. The minimum Gasteiger partial charge on any atom is -0.346 e. The van der Waals surface area contributed by atoms with Crippen molar-refractivity contribution in [1.29, 1.82) is 0 Å². The smallest absolute Gasteiger partial charge is 0.323 e. The molecule has 0 aliphatic carbocycles. The van der Waals surface area contributed by atoms with E-state index in [1.54, 1.807) is 6.20 Å². The van der Waals surface area contributed by atoms with Crippen LogP contribution < -0.4 is 10.6 Å². The van der Waals surface area contributed by atoms with Crippen LogP contribution in [-0.2, 0) is 6.42 Å². The average molecular weight is 342 g/mol. The van der Waals surface area contributed by atoms with E-state index >= 15 is 0 Å². The predicted molar refractivity (Wildman–Crippen MR) is 104 cm³/mol.